The fourth-order valence-electron chi connectivity index (χ4n) is 2.32. The number of hydrogen-bond acceptors (Lipinski definition) is 5. The topological polar surface area (TPSA) is 138 Å². The highest BCUT2D eigenvalue weighted by molar-refractivity contribution is 5.95. The van der Waals surface area contributed by atoms with Gasteiger partial charge in [-0.1, -0.05) is 26.0 Å². The number of aromatic amines is 1. The number of hydrogen-bond donors (Lipinski definition) is 5. The zero-order valence-corrected chi connectivity index (χ0v) is 16.5. The van der Waals surface area contributed by atoms with Crippen molar-refractivity contribution in [3.8, 4) is 0 Å². The summed E-state index contributed by atoms with van der Waals surface area (Å²) in [5, 5.41) is 7.82. The van der Waals surface area contributed by atoms with Crippen LogP contribution in [0.5, 0.6) is 0 Å². The first kappa shape index (κ1) is 22.0. The quantitative estimate of drug-likeness (QED) is 0.433. The van der Waals surface area contributed by atoms with Crippen molar-refractivity contribution in [3.05, 3.63) is 53.9 Å². The minimum atomic E-state index is -0.651. The number of alkyl carbamates (subject to hydrolysis) is 1. The molecule has 1 unspecified atom stereocenters. The van der Waals surface area contributed by atoms with Crippen LogP contribution >= 0.6 is 0 Å². The molecule has 0 saturated heterocycles. The Morgan fingerprint density at radius 1 is 1.10 bits per heavy atom. The zero-order chi connectivity index (χ0) is 21.2. The average Bonchev–Trinajstić information content (AvgIpc) is 3.23. The SMILES string of the molecule is CC(C)C(N)C(=O)NCC(=O)Nc1ccc(COC(=O)NCc2ccc[nH]2)cc1. The normalized spacial score (nSPS) is 11.6. The summed E-state index contributed by atoms with van der Waals surface area (Å²) in [4.78, 5) is 38.4. The largest absolute Gasteiger partial charge is 0.445 e. The van der Waals surface area contributed by atoms with Crippen LogP contribution in [-0.2, 0) is 27.5 Å². The fourth-order valence-corrected chi connectivity index (χ4v) is 2.32. The summed E-state index contributed by atoms with van der Waals surface area (Å²) in [6.07, 6.45) is 1.25. The predicted octanol–water partition coefficient (Wildman–Crippen LogP) is 1.48. The van der Waals surface area contributed by atoms with Gasteiger partial charge in [0.15, 0.2) is 0 Å². The number of H-pyrrole nitrogens is 1. The molecular formula is C20H27N5O4. The van der Waals surface area contributed by atoms with E-state index in [4.69, 9.17) is 10.5 Å². The number of benzene rings is 1. The van der Waals surface area contributed by atoms with E-state index in [0.29, 0.717) is 12.2 Å². The van der Waals surface area contributed by atoms with E-state index in [2.05, 4.69) is 20.9 Å². The van der Waals surface area contributed by atoms with Crippen LogP contribution in [0.4, 0.5) is 10.5 Å². The molecule has 6 N–H and O–H groups in total. The van der Waals surface area contributed by atoms with E-state index in [9.17, 15) is 14.4 Å². The maximum Gasteiger partial charge on any atom is 0.407 e. The van der Waals surface area contributed by atoms with Gasteiger partial charge in [-0.3, -0.25) is 9.59 Å². The monoisotopic (exact) mass is 401 g/mol. The molecule has 0 aliphatic heterocycles. The van der Waals surface area contributed by atoms with Crippen molar-refractivity contribution >= 4 is 23.6 Å². The maximum absolute atomic E-state index is 11.9. The molecule has 2 rings (SSSR count). The van der Waals surface area contributed by atoms with E-state index in [1.165, 1.54) is 0 Å². The second-order valence-corrected chi connectivity index (χ2v) is 6.86. The Hall–Kier alpha value is -3.33. The van der Waals surface area contributed by atoms with Crippen molar-refractivity contribution in [2.24, 2.45) is 11.7 Å². The van der Waals surface area contributed by atoms with Crippen molar-refractivity contribution in [1.29, 1.82) is 0 Å². The Labute approximate surface area is 169 Å². The summed E-state index contributed by atoms with van der Waals surface area (Å²) < 4.78 is 5.14. The number of carbonyl (C=O) groups is 3. The van der Waals surface area contributed by atoms with E-state index in [0.717, 1.165) is 11.3 Å². The Morgan fingerprint density at radius 2 is 1.83 bits per heavy atom. The lowest BCUT2D eigenvalue weighted by Crippen LogP contribution is -2.46. The molecule has 2 aromatic rings. The van der Waals surface area contributed by atoms with Crippen LogP contribution in [0.1, 0.15) is 25.1 Å². The second kappa shape index (κ2) is 10.9. The highest BCUT2D eigenvalue weighted by atomic mass is 16.5. The highest BCUT2D eigenvalue weighted by Gasteiger charge is 2.17. The van der Waals surface area contributed by atoms with Gasteiger partial charge in [-0.05, 0) is 35.7 Å². The van der Waals surface area contributed by atoms with Crippen LogP contribution in [0, 0.1) is 5.92 Å². The third-order valence-corrected chi connectivity index (χ3v) is 4.14. The molecule has 1 aromatic heterocycles. The van der Waals surface area contributed by atoms with E-state index >= 15 is 0 Å². The molecule has 29 heavy (non-hydrogen) atoms. The van der Waals surface area contributed by atoms with Gasteiger partial charge in [-0.25, -0.2) is 4.79 Å². The average molecular weight is 401 g/mol. The molecule has 0 aliphatic rings. The number of amides is 3. The molecule has 0 radical (unpaired) electrons. The zero-order valence-electron chi connectivity index (χ0n) is 16.5. The Balaban J connectivity index is 1.70. The maximum atomic E-state index is 11.9. The van der Waals surface area contributed by atoms with Gasteiger partial charge in [0.1, 0.15) is 6.61 Å². The van der Waals surface area contributed by atoms with Crippen LogP contribution in [0.2, 0.25) is 0 Å². The van der Waals surface area contributed by atoms with Gasteiger partial charge in [-0.15, -0.1) is 0 Å². The number of carbonyl (C=O) groups excluding carboxylic acids is 3. The number of nitrogens with two attached hydrogens (primary N) is 1. The molecule has 9 nitrogen and oxygen atoms in total. The summed E-state index contributed by atoms with van der Waals surface area (Å²) in [5.41, 5.74) is 7.94. The van der Waals surface area contributed by atoms with Crippen molar-refractivity contribution < 1.29 is 19.1 Å². The molecular weight excluding hydrogens is 374 g/mol. The van der Waals surface area contributed by atoms with Crippen LogP contribution in [0.3, 0.4) is 0 Å². The number of rotatable bonds is 9. The lowest BCUT2D eigenvalue weighted by Gasteiger charge is -2.15. The minimum absolute atomic E-state index is 0.0108. The van der Waals surface area contributed by atoms with E-state index in [1.54, 1.807) is 30.5 Å². The van der Waals surface area contributed by atoms with E-state index < -0.39 is 12.1 Å². The van der Waals surface area contributed by atoms with Gasteiger partial charge >= 0.3 is 6.09 Å². The van der Waals surface area contributed by atoms with Crippen LogP contribution < -0.4 is 21.7 Å². The summed E-state index contributed by atoms with van der Waals surface area (Å²) in [6, 6.07) is 9.91. The first-order valence-corrected chi connectivity index (χ1v) is 9.30. The smallest absolute Gasteiger partial charge is 0.407 e. The molecule has 9 heteroatoms. The van der Waals surface area contributed by atoms with Gasteiger partial charge < -0.3 is 31.4 Å². The summed E-state index contributed by atoms with van der Waals surface area (Å²) >= 11 is 0. The predicted molar refractivity (Wildman–Crippen MR) is 109 cm³/mol. The fraction of sp³-hybridized carbons (Fsp3) is 0.350. The van der Waals surface area contributed by atoms with Gasteiger partial charge in [0, 0.05) is 17.6 Å². The summed E-state index contributed by atoms with van der Waals surface area (Å²) in [6.45, 7) is 3.97. The third kappa shape index (κ3) is 7.67. The van der Waals surface area contributed by atoms with Gasteiger partial charge in [0.05, 0.1) is 19.1 Å². The third-order valence-electron chi connectivity index (χ3n) is 4.14. The highest BCUT2D eigenvalue weighted by Crippen LogP contribution is 2.10. The molecule has 0 fully saturated rings. The Kier molecular flexibility index (Phi) is 8.23. The first-order chi connectivity index (χ1) is 13.8. The molecule has 0 saturated carbocycles. The summed E-state index contributed by atoms with van der Waals surface area (Å²) in [7, 11) is 0. The van der Waals surface area contributed by atoms with E-state index in [1.807, 2.05) is 26.0 Å². The standard InChI is InChI=1S/C20H27N5O4/c1-13(2)18(21)19(27)23-11-17(26)25-15-7-5-14(6-8-15)12-29-20(28)24-10-16-4-3-9-22-16/h3-9,13,18,22H,10-12,21H2,1-2H3,(H,23,27)(H,24,28)(H,25,26). The molecule has 0 spiro atoms. The van der Waals surface area contributed by atoms with Crippen LogP contribution in [0.25, 0.3) is 0 Å². The van der Waals surface area contributed by atoms with Crippen LogP contribution in [-0.4, -0.2) is 35.5 Å². The second-order valence-electron chi connectivity index (χ2n) is 6.86. The van der Waals surface area contributed by atoms with Gasteiger partial charge in [0.2, 0.25) is 11.8 Å². The Bertz CT molecular complexity index is 803. The van der Waals surface area contributed by atoms with Gasteiger partial charge in [0.25, 0.3) is 0 Å². The number of aromatic nitrogens is 1. The Morgan fingerprint density at radius 3 is 2.45 bits per heavy atom. The van der Waals surface area contributed by atoms with Crippen molar-refractivity contribution in [2.75, 3.05) is 11.9 Å². The lowest BCUT2D eigenvalue weighted by atomic mass is 10.1. The van der Waals surface area contributed by atoms with E-state index in [-0.39, 0.29) is 30.9 Å². The molecule has 1 aromatic carbocycles. The molecule has 3 amide bonds. The summed E-state index contributed by atoms with van der Waals surface area (Å²) in [5.74, 6) is -0.734. The van der Waals surface area contributed by atoms with Crippen molar-refractivity contribution in [2.45, 2.75) is 33.0 Å². The van der Waals surface area contributed by atoms with Gasteiger partial charge in [-0.2, -0.15) is 0 Å². The lowest BCUT2D eigenvalue weighted by molar-refractivity contribution is -0.125. The molecule has 156 valence electrons. The van der Waals surface area contributed by atoms with Crippen molar-refractivity contribution in [3.63, 3.8) is 0 Å². The molecule has 0 bridgehead atoms. The van der Waals surface area contributed by atoms with Crippen LogP contribution in [0.15, 0.2) is 42.6 Å². The molecule has 1 heterocycles. The number of ether oxygens (including phenoxy) is 1. The molecule has 1 atom stereocenters. The first-order valence-electron chi connectivity index (χ1n) is 9.30. The minimum Gasteiger partial charge on any atom is -0.445 e. The molecule has 0 aliphatic carbocycles. The number of nitrogens with one attached hydrogen (secondary N) is 4. The number of anilines is 1. The van der Waals surface area contributed by atoms with Crippen molar-refractivity contribution in [1.82, 2.24) is 15.6 Å².